The van der Waals surface area contributed by atoms with E-state index in [1.807, 2.05) is 68.4 Å². The van der Waals surface area contributed by atoms with Crippen molar-refractivity contribution in [2.45, 2.75) is 31.1 Å². The third-order valence-electron chi connectivity index (χ3n) is 4.77. The van der Waals surface area contributed by atoms with Crippen LogP contribution in [0.4, 0.5) is 0 Å². The van der Waals surface area contributed by atoms with Crippen LogP contribution in [0.15, 0.2) is 70.2 Å². The molecule has 0 aliphatic carbocycles. The number of nitrogens with zero attached hydrogens (tertiary/aromatic N) is 3. The van der Waals surface area contributed by atoms with Crippen LogP contribution in [0.25, 0.3) is 0 Å². The van der Waals surface area contributed by atoms with Crippen molar-refractivity contribution in [3.8, 4) is 6.07 Å². The summed E-state index contributed by atoms with van der Waals surface area (Å²) in [6, 6.07) is 18.1. The molecule has 0 bridgehead atoms. The molecule has 29 heavy (non-hydrogen) atoms. The van der Waals surface area contributed by atoms with Crippen molar-refractivity contribution in [1.29, 1.82) is 5.26 Å². The van der Waals surface area contributed by atoms with Gasteiger partial charge in [0, 0.05) is 4.92 Å². The summed E-state index contributed by atoms with van der Waals surface area (Å²) in [6.07, 6.45) is 1.31. The second-order valence-corrected chi connectivity index (χ2v) is 7.76. The molecule has 0 saturated carbocycles. The van der Waals surface area contributed by atoms with E-state index in [4.69, 9.17) is 4.74 Å². The van der Waals surface area contributed by atoms with E-state index >= 15 is 0 Å². The zero-order chi connectivity index (χ0) is 20.8. The number of rotatable bonds is 6. The Morgan fingerprint density at radius 2 is 1.90 bits per heavy atom. The molecule has 148 valence electrons. The largest absolute Gasteiger partial charge is 0.483 e. The minimum Gasteiger partial charge on any atom is -0.483 e. The molecule has 0 radical (unpaired) electrons. The summed E-state index contributed by atoms with van der Waals surface area (Å²) in [5.74, 6) is -0.698. The lowest BCUT2D eigenvalue weighted by atomic mass is 9.82. The first-order chi connectivity index (χ1) is 14.1. The summed E-state index contributed by atoms with van der Waals surface area (Å²) in [5.41, 5.74) is 2.91. The van der Waals surface area contributed by atoms with E-state index in [1.165, 1.54) is 18.2 Å². The highest BCUT2D eigenvalue weighted by atomic mass is 32.2. The van der Waals surface area contributed by atoms with Crippen LogP contribution >= 0.6 is 11.8 Å². The molecule has 0 N–H and O–H groups in total. The van der Waals surface area contributed by atoms with E-state index < -0.39 is 17.2 Å². The maximum absolute atomic E-state index is 12.2. The van der Waals surface area contributed by atoms with Crippen molar-refractivity contribution >= 4 is 18.2 Å². The molecule has 1 aliphatic heterocycles. The number of nitriles is 1. The number of ether oxygens (including phenoxy) is 1. The van der Waals surface area contributed by atoms with Gasteiger partial charge in [-0.2, -0.15) is 5.26 Å². The molecule has 3 atom stereocenters. The summed E-state index contributed by atoms with van der Waals surface area (Å²) in [6.45, 7) is 4.24. The van der Waals surface area contributed by atoms with Crippen molar-refractivity contribution < 1.29 is 9.66 Å². The Kier molecular flexibility index (Phi) is 6.68. The van der Waals surface area contributed by atoms with E-state index in [2.05, 4.69) is 11.1 Å². The van der Waals surface area contributed by atoms with Crippen LogP contribution in [0, 0.1) is 28.4 Å². The van der Waals surface area contributed by atoms with Gasteiger partial charge in [0.25, 0.3) is 0 Å². The van der Waals surface area contributed by atoms with E-state index in [9.17, 15) is 15.4 Å². The SMILES string of the molecule is CCOC=NC1=C(C#N)[C@H](c2ccc(C)cc2)[C@H]([N+](=O)[O-])[C@H](c2ccccc2)S1. The number of nitro groups is 1. The minimum atomic E-state index is -0.995. The Morgan fingerprint density at radius 1 is 1.21 bits per heavy atom. The standard InChI is InChI=1S/C22H21N3O3S/c1-3-28-14-24-22-18(13-23)19(16-11-9-15(2)10-12-16)20(25(26)27)21(29-22)17-7-5-4-6-8-17/h4-12,14,19-21H,3H2,1-2H3/t19-,20-,21-/m0/s1. The molecule has 1 aliphatic rings. The van der Waals surface area contributed by atoms with Crippen molar-refractivity contribution in [3.63, 3.8) is 0 Å². The maximum Gasteiger partial charge on any atom is 0.240 e. The lowest BCUT2D eigenvalue weighted by molar-refractivity contribution is -0.525. The smallest absolute Gasteiger partial charge is 0.240 e. The fourth-order valence-electron chi connectivity index (χ4n) is 3.39. The highest BCUT2D eigenvalue weighted by Gasteiger charge is 2.48. The molecule has 0 amide bonds. The number of aryl methyl sites for hydroxylation is 1. The maximum atomic E-state index is 12.2. The molecule has 3 rings (SSSR count). The Morgan fingerprint density at radius 3 is 2.48 bits per heavy atom. The molecule has 6 nitrogen and oxygen atoms in total. The second kappa shape index (κ2) is 9.39. The Bertz CT molecular complexity index is 965. The van der Waals surface area contributed by atoms with Gasteiger partial charge in [-0.1, -0.05) is 71.9 Å². The minimum absolute atomic E-state index is 0.268. The third-order valence-corrected chi connectivity index (χ3v) is 6.12. The lowest BCUT2D eigenvalue weighted by Crippen LogP contribution is -2.36. The van der Waals surface area contributed by atoms with Crippen molar-refractivity contribution in [3.05, 3.63) is 92.0 Å². The number of thioether (sulfide) groups is 1. The fourth-order valence-corrected chi connectivity index (χ4v) is 4.72. The van der Waals surface area contributed by atoms with E-state index in [0.29, 0.717) is 17.2 Å². The van der Waals surface area contributed by atoms with Crippen LogP contribution in [-0.4, -0.2) is 24.0 Å². The van der Waals surface area contributed by atoms with Crippen LogP contribution in [0.5, 0.6) is 0 Å². The normalized spacial score (nSPS) is 21.8. The first-order valence-corrected chi connectivity index (χ1v) is 10.1. The van der Waals surface area contributed by atoms with Gasteiger partial charge in [-0.05, 0) is 25.0 Å². The summed E-state index contributed by atoms with van der Waals surface area (Å²) in [4.78, 5) is 16.3. The van der Waals surface area contributed by atoms with Gasteiger partial charge in [-0.15, -0.1) is 0 Å². The average Bonchev–Trinajstić information content (AvgIpc) is 2.74. The van der Waals surface area contributed by atoms with Gasteiger partial charge in [0.2, 0.25) is 6.04 Å². The molecule has 0 spiro atoms. The summed E-state index contributed by atoms with van der Waals surface area (Å²) < 4.78 is 5.22. The summed E-state index contributed by atoms with van der Waals surface area (Å²) in [5, 5.41) is 22.1. The van der Waals surface area contributed by atoms with Crippen LogP contribution in [0.1, 0.15) is 34.8 Å². The molecule has 0 fully saturated rings. The molecular weight excluding hydrogens is 386 g/mol. The van der Waals surface area contributed by atoms with E-state index in [0.717, 1.165) is 16.7 Å². The van der Waals surface area contributed by atoms with Crippen LogP contribution in [0.3, 0.4) is 0 Å². The third kappa shape index (κ3) is 4.49. The second-order valence-electron chi connectivity index (χ2n) is 6.63. The first kappa shape index (κ1) is 20.6. The summed E-state index contributed by atoms with van der Waals surface area (Å²) >= 11 is 1.24. The number of hydrogen-bond acceptors (Lipinski definition) is 6. The molecule has 7 heteroatoms. The van der Waals surface area contributed by atoms with Gasteiger partial charge in [-0.3, -0.25) is 10.1 Å². The monoisotopic (exact) mass is 407 g/mol. The van der Waals surface area contributed by atoms with Crippen LogP contribution < -0.4 is 0 Å². The molecule has 2 aromatic carbocycles. The van der Waals surface area contributed by atoms with Gasteiger partial charge in [0.1, 0.15) is 10.3 Å². The predicted octanol–water partition coefficient (Wildman–Crippen LogP) is 5.01. The Labute approximate surface area is 174 Å². The first-order valence-electron chi connectivity index (χ1n) is 9.26. The highest BCUT2D eigenvalue weighted by molar-refractivity contribution is 8.03. The average molecular weight is 407 g/mol. The van der Waals surface area contributed by atoms with Crippen LogP contribution in [-0.2, 0) is 4.74 Å². The molecule has 0 saturated heterocycles. The van der Waals surface area contributed by atoms with Crippen molar-refractivity contribution in [1.82, 2.24) is 0 Å². The van der Waals surface area contributed by atoms with Gasteiger partial charge in [0.15, 0.2) is 6.40 Å². The molecule has 0 unspecified atom stereocenters. The molecule has 2 aromatic rings. The summed E-state index contributed by atoms with van der Waals surface area (Å²) in [7, 11) is 0. The van der Waals surface area contributed by atoms with Crippen molar-refractivity contribution in [2.75, 3.05) is 6.61 Å². The number of hydrogen-bond donors (Lipinski definition) is 0. The number of aliphatic imine (C=N–C) groups is 1. The quantitative estimate of drug-likeness (QED) is 0.291. The predicted molar refractivity (Wildman–Crippen MR) is 114 cm³/mol. The Balaban J connectivity index is 2.19. The van der Waals surface area contributed by atoms with E-state index in [1.54, 1.807) is 0 Å². The topological polar surface area (TPSA) is 88.5 Å². The van der Waals surface area contributed by atoms with Crippen LogP contribution in [0.2, 0.25) is 0 Å². The Hall–Kier alpha value is -3.11. The van der Waals surface area contributed by atoms with E-state index in [-0.39, 0.29) is 4.92 Å². The van der Waals surface area contributed by atoms with Gasteiger partial charge in [0.05, 0.1) is 24.2 Å². The molecule has 0 aromatic heterocycles. The van der Waals surface area contributed by atoms with Crippen molar-refractivity contribution in [2.24, 2.45) is 4.99 Å². The molecular formula is C22H21N3O3S. The number of benzene rings is 2. The fraction of sp³-hybridized carbons (Fsp3) is 0.273. The van der Waals surface area contributed by atoms with Gasteiger partial charge < -0.3 is 4.74 Å². The highest BCUT2D eigenvalue weighted by Crippen LogP contribution is 2.52. The van der Waals surface area contributed by atoms with Gasteiger partial charge in [-0.25, -0.2) is 4.99 Å². The zero-order valence-electron chi connectivity index (χ0n) is 16.2. The van der Waals surface area contributed by atoms with Gasteiger partial charge >= 0.3 is 0 Å². The lowest BCUT2D eigenvalue weighted by Gasteiger charge is -2.32. The molecule has 1 heterocycles. The zero-order valence-corrected chi connectivity index (χ0v) is 17.0.